The molecule has 0 unspecified atom stereocenters. The van der Waals surface area contributed by atoms with E-state index in [1.54, 1.807) is 0 Å². The minimum Gasteiger partial charge on any atom is -0.469 e. The maximum Gasteiger partial charge on any atom is 0.310 e. The van der Waals surface area contributed by atoms with Gasteiger partial charge >= 0.3 is 5.97 Å². The number of aromatic nitrogens is 1. The molecule has 0 aromatic carbocycles. The monoisotopic (exact) mass is 185 g/mol. The molecular weight excluding hydrogens is 177 g/mol. The predicted octanol–water partition coefficient (Wildman–Crippen LogP) is 0.229. The molecule has 70 valence electrons. The van der Waals surface area contributed by atoms with E-state index < -0.39 is 17.3 Å². The normalized spacial score (nSPS) is 9.69. The van der Waals surface area contributed by atoms with Crippen LogP contribution in [0, 0.1) is 5.95 Å². The van der Waals surface area contributed by atoms with Crippen LogP contribution in [0.15, 0.2) is 17.1 Å². The van der Waals surface area contributed by atoms with Gasteiger partial charge in [-0.25, -0.2) is 0 Å². The van der Waals surface area contributed by atoms with Crippen LogP contribution in [0.5, 0.6) is 0 Å². The Hall–Kier alpha value is -1.65. The first-order valence-electron chi connectivity index (χ1n) is 3.58. The lowest BCUT2D eigenvalue weighted by atomic mass is 10.2. The zero-order valence-electron chi connectivity index (χ0n) is 6.96. The van der Waals surface area contributed by atoms with E-state index in [9.17, 15) is 14.0 Å². The molecule has 1 N–H and O–H groups in total. The smallest absolute Gasteiger partial charge is 0.310 e. The fourth-order valence-corrected chi connectivity index (χ4v) is 0.868. The first kappa shape index (κ1) is 9.44. The average molecular weight is 185 g/mol. The van der Waals surface area contributed by atoms with Gasteiger partial charge in [-0.3, -0.25) is 9.59 Å². The number of rotatable bonds is 2. The maximum absolute atomic E-state index is 12.9. The molecule has 0 atom stereocenters. The fraction of sp³-hybridized carbons (Fsp3) is 0.250. The molecule has 0 spiro atoms. The van der Waals surface area contributed by atoms with Crippen LogP contribution in [0.4, 0.5) is 4.39 Å². The van der Waals surface area contributed by atoms with Gasteiger partial charge in [-0.1, -0.05) is 0 Å². The summed E-state index contributed by atoms with van der Waals surface area (Å²) in [6.45, 7) is 0. The lowest BCUT2D eigenvalue weighted by Crippen LogP contribution is -2.17. The summed E-state index contributed by atoms with van der Waals surface area (Å²) in [7, 11) is 1.18. The molecule has 0 amide bonds. The molecule has 1 aromatic heterocycles. The minimum absolute atomic E-state index is 0.200. The topological polar surface area (TPSA) is 59.2 Å². The number of carbonyl (C=O) groups is 1. The molecule has 0 radical (unpaired) electrons. The van der Waals surface area contributed by atoms with E-state index in [0.717, 1.165) is 6.07 Å². The summed E-state index contributed by atoms with van der Waals surface area (Å²) in [6.07, 6.45) is 0.830. The number of methoxy groups -OCH3 is 1. The Morgan fingerprint density at radius 2 is 2.38 bits per heavy atom. The number of esters is 1. The van der Waals surface area contributed by atoms with Crippen molar-refractivity contribution in [2.24, 2.45) is 0 Å². The molecule has 1 heterocycles. The van der Waals surface area contributed by atoms with Gasteiger partial charge in [-0.05, 0) is 0 Å². The van der Waals surface area contributed by atoms with Gasteiger partial charge in [0.25, 0.3) is 0 Å². The van der Waals surface area contributed by atoms with Crippen molar-refractivity contribution < 1.29 is 13.9 Å². The van der Waals surface area contributed by atoms with Crippen molar-refractivity contribution in [1.29, 1.82) is 0 Å². The Bertz CT molecular complexity index is 372. The Morgan fingerprint density at radius 1 is 1.69 bits per heavy atom. The molecule has 0 aliphatic carbocycles. The summed E-state index contributed by atoms with van der Waals surface area (Å²) in [6, 6.07) is 1.15. The SMILES string of the molecule is COC(=O)Cc1c(F)[nH]ccc1=O. The number of pyridine rings is 1. The van der Waals surface area contributed by atoms with Gasteiger partial charge < -0.3 is 9.72 Å². The molecular formula is C8H8FNO3. The third kappa shape index (κ3) is 2.14. The predicted molar refractivity (Wildman–Crippen MR) is 42.7 cm³/mol. The quantitative estimate of drug-likeness (QED) is 0.530. The highest BCUT2D eigenvalue weighted by atomic mass is 19.1. The number of hydrogen-bond acceptors (Lipinski definition) is 3. The van der Waals surface area contributed by atoms with Crippen LogP contribution in [0.1, 0.15) is 5.56 Å². The van der Waals surface area contributed by atoms with Gasteiger partial charge in [0.2, 0.25) is 0 Å². The molecule has 0 aliphatic heterocycles. The molecule has 13 heavy (non-hydrogen) atoms. The van der Waals surface area contributed by atoms with Gasteiger partial charge in [0.1, 0.15) is 0 Å². The van der Waals surface area contributed by atoms with Crippen LogP contribution >= 0.6 is 0 Å². The second-order valence-corrected chi connectivity index (χ2v) is 2.39. The van der Waals surface area contributed by atoms with Crippen LogP contribution in [-0.4, -0.2) is 18.1 Å². The number of ether oxygens (including phenoxy) is 1. The molecule has 4 nitrogen and oxygen atoms in total. The maximum atomic E-state index is 12.9. The lowest BCUT2D eigenvalue weighted by molar-refractivity contribution is -0.139. The van der Waals surface area contributed by atoms with Crippen LogP contribution < -0.4 is 5.43 Å². The highest BCUT2D eigenvalue weighted by Crippen LogP contribution is 1.98. The number of aromatic amines is 1. The summed E-state index contributed by atoms with van der Waals surface area (Å²) in [5, 5.41) is 0. The van der Waals surface area contributed by atoms with Gasteiger partial charge in [0.15, 0.2) is 11.4 Å². The summed E-state index contributed by atoms with van der Waals surface area (Å²) < 4.78 is 17.2. The van der Waals surface area contributed by atoms with Crippen molar-refractivity contribution >= 4 is 5.97 Å². The third-order valence-corrected chi connectivity index (χ3v) is 1.56. The molecule has 0 fully saturated rings. The summed E-state index contributed by atoms with van der Waals surface area (Å²) in [5.41, 5.74) is -0.712. The number of carbonyl (C=O) groups excluding carboxylic acids is 1. The van der Waals surface area contributed by atoms with Crippen LogP contribution in [0.3, 0.4) is 0 Å². The van der Waals surface area contributed by atoms with Crippen molar-refractivity contribution in [2.75, 3.05) is 7.11 Å². The van der Waals surface area contributed by atoms with Crippen LogP contribution in [-0.2, 0) is 16.0 Å². The van der Waals surface area contributed by atoms with E-state index in [-0.39, 0.29) is 12.0 Å². The molecule has 0 bridgehead atoms. The van der Waals surface area contributed by atoms with Crippen LogP contribution in [0.2, 0.25) is 0 Å². The molecule has 0 saturated carbocycles. The number of nitrogens with one attached hydrogen (secondary N) is 1. The van der Waals surface area contributed by atoms with Gasteiger partial charge in [0.05, 0.1) is 19.1 Å². The zero-order chi connectivity index (χ0) is 9.84. The highest BCUT2D eigenvalue weighted by molar-refractivity contribution is 5.72. The third-order valence-electron chi connectivity index (χ3n) is 1.56. The number of halogens is 1. The second-order valence-electron chi connectivity index (χ2n) is 2.39. The van der Waals surface area contributed by atoms with E-state index in [1.807, 2.05) is 0 Å². The van der Waals surface area contributed by atoms with E-state index in [4.69, 9.17) is 0 Å². The fourth-order valence-electron chi connectivity index (χ4n) is 0.868. The molecule has 0 saturated heterocycles. The van der Waals surface area contributed by atoms with Crippen molar-refractivity contribution in [2.45, 2.75) is 6.42 Å². The summed E-state index contributed by atoms with van der Waals surface area (Å²) in [5.74, 6) is -1.44. The van der Waals surface area contributed by atoms with Gasteiger partial charge in [0, 0.05) is 12.3 Å². The summed E-state index contributed by atoms with van der Waals surface area (Å²) >= 11 is 0. The van der Waals surface area contributed by atoms with Gasteiger partial charge in [-0.2, -0.15) is 4.39 Å². The van der Waals surface area contributed by atoms with Crippen molar-refractivity contribution in [3.63, 3.8) is 0 Å². The lowest BCUT2D eigenvalue weighted by Gasteiger charge is -1.99. The molecule has 1 aromatic rings. The zero-order valence-corrected chi connectivity index (χ0v) is 6.96. The van der Waals surface area contributed by atoms with E-state index in [0.29, 0.717) is 0 Å². The van der Waals surface area contributed by atoms with Gasteiger partial charge in [-0.15, -0.1) is 0 Å². The molecule has 5 heteroatoms. The van der Waals surface area contributed by atoms with Crippen LogP contribution in [0.25, 0.3) is 0 Å². The number of hydrogen-bond donors (Lipinski definition) is 1. The Morgan fingerprint density at radius 3 is 2.92 bits per heavy atom. The minimum atomic E-state index is -0.794. The first-order valence-corrected chi connectivity index (χ1v) is 3.58. The molecule has 0 aliphatic rings. The molecule has 1 rings (SSSR count). The van der Waals surface area contributed by atoms with E-state index >= 15 is 0 Å². The average Bonchev–Trinajstić information content (AvgIpc) is 2.11. The first-order chi connectivity index (χ1) is 6.15. The standard InChI is InChI=1S/C8H8FNO3/c1-13-7(12)4-5-6(11)2-3-10-8(5)9/h2-3H,4H2,1H3,(H,10,11). The van der Waals surface area contributed by atoms with Crippen molar-refractivity contribution in [3.05, 3.63) is 34.0 Å². The Balaban J connectivity index is 3.00. The Kier molecular flexibility index (Phi) is 2.79. The van der Waals surface area contributed by atoms with E-state index in [2.05, 4.69) is 9.72 Å². The second kappa shape index (κ2) is 3.84. The van der Waals surface area contributed by atoms with E-state index in [1.165, 1.54) is 13.3 Å². The highest BCUT2D eigenvalue weighted by Gasteiger charge is 2.11. The van der Waals surface area contributed by atoms with Crippen molar-refractivity contribution in [3.8, 4) is 0 Å². The largest absolute Gasteiger partial charge is 0.469 e. The summed E-state index contributed by atoms with van der Waals surface area (Å²) in [4.78, 5) is 24.0. The van der Waals surface area contributed by atoms with Crippen molar-refractivity contribution in [1.82, 2.24) is 4.98 Å². The number of H-pyrrole nitrogens is 1. The Labute approximate surface area is 73.3 Å².